The van der Waals surface area contributed by atoms with Crippen LogP contribution < -0.4 is 19.1 Å². The van der Waals surface area contributed by atoms with E-state index < -0.39 is 0 Å². The molecule has 0 aliphatic carbocycles. The zero-order valence-corrected chi connectivity index (χ0v) is 20.7. The van der Waals surface area contributed by atoms with E-state index in [0.29, 0.717) is 35.3 Å². The number of amides is 1. The van der Waals surface area contributed by atoms with E-state index in [2.05, 4.69) is 4.90 Å². The molecule has 0 atom stereocenters. The molecule has 1 aromatic heterocycles. The average Bonchev–Trinajstić information content (AvgIpc) is 3.31. The SMILES string of the molecule is CCOc1cccc2sc(N(CCCN3CCOCC3)C(=O)c3cc(OC)cc(OC)c3)nc12. The van der Waals surface area contributed by atoms with Crippen LogP contribution in [0.5, 0.6) is 17.2 Å². The minimum Gasteiger partial charge on any atom is -0.497 e. The number of carbonyl (C=O) groups is 1. The van der Waals surface area contributed by atoms with Gasteiger partial charge in [0.2, 0.25) is 0 Å². The van der Waals surface area contributed by atoms with Crippen molar-refractivity contribution in [2.24, 2.45) is 0 Å². The second-order valence-electron chi connectivity index (χ2n) is 7.90. The normalized spacial score (nSPS) is 14.2. The van der Waals surface area contributed by atoms with Crippen molar-refractivity contribution in [2.45, 2.75) is 13.3 Å². The third kappa shape index (κ3) is 5.60. The number of aromatic nitrogens is 1. The van der Waals surface area contributed by atoms with Gasteiger partial charge in [-0.15, -0.1) is 0 Å². The van der Waals surface area contributed by atoms with E-state index in [0.717, 1.165) is 55.2 Å². The second-order valence-corrected chi connectivity index (χ2v) is 8.91. The molecule has 2 heterocycles. The first kappa shape index (κ1) is 24.3. The largest absolute Gasteiger partial charge is 0.497 e. The predicted molar refractivity (Wildman–Crippen MR) is 134 cm³/mol. The van der Waals surface area contributed by atoms with Crippen LogP contribution in [0.2, 0.25) is 0 Å². The first-order valence-electron chi connectivity index (χ1n) is 11.5. The van der Waals surface area contributed by atoms with Gasteiger partial charge in [0.25, 0.3) is 5.91 Å². The lowest BCUT2D eigenvalue weighted by Gasteiger charge is -2.27. The maximum absolute atomic E-state index is 13.8. The van der Waals surface area contributed by atoms with Gasteiger partial charge in [-0.05, 0) is 37.6 Å². The lowest BCUT2D eigenvalue weighted by molar-refractivity contribution is 0.0376. The van der Waals surface area contributed by atoms with Gasteiger partial charge in [0, 0.05) is 37.8 Å². The number of morpholine rings is 1. The van der Waals surface area contributed by atoms with Gasteiger partial charge < -0.3 is 18.9 Å². The van der Waals surface area contributed by atoms with E-state index in [1.807, 2.05) is 25.1 Å². The van der Waals surface area contributed by atoms with Crippen molar-refractivity contribution in [1.29, 1.82) is 0 Å². The highest BCUT2D eigenvalue weighted by Gasteiger charge is 2.24. The molecule has 1 aliphatic rings. The van der Waals surface area contributed by atoms with Gasteiger partial charge in [-0.3, -0.25) is 14.6 Å². The van der Waals surface area contributed by atoms with Crippen LogP contribution in [0.3, 0.4) is 0 Å². The summed E-state index contributed by atoms with van der Waals surface area (Å²) in [7, 11) is 3.15. The third-order valence-electron chi connectivity index (χ3n) is 5.70. The highest BCUT2D eigenvalue weighted by atomic mass is 32.1. The molecule has 0 radical (unpaired) electrons. The molecule has 1 aliphatic heterocycles. The Kier molecular flexibility index (Phi) is 8.21. The topological polar surface area (TPSA) is 73.4 Å². The minimum absolute atomic E-state index is 0.142. The molecule has 0 unspecified atom stereocenters. The highest BCUT2D eigenvalue weighted by Crippen LogP contribution is 2.35. The van der Waals surface area contributed by atoms with Crippen molar-refractivity contribution in [2.75, 3.05) is 65.1 Å². The summed E-state index contributed by atoms with van der Waals surface area (Å²) in [5.74, 6) is 1.72. The molecule has 0 saturated carbocycles. The Morgan fingerprint density at radius 3 is 2.56 bits per heavy atom. The van der Waals surface area contributed by atoms with Crippen LogP contribution in [0.1, 0.15) is 23.7 Å². The van der Waals surface area contributed by atoms with E-state index >= 15 is 0 Å². The van der Waals surface area contributed by atoms with Gasteiger partial charge in [-0.1, -0.05) is 17.4 Å². The lowest BCUT2D eigenvalue weighted by atomic mass is 10.1. The summed E-state index contributed by atoms with van der Waals surface area (Å²) in [6.45, 7) is 7.28. The number of anilines is 1. The van der Waals surface area contributed by atoms with E-state index in [1.165, 1.54) is 11.3 Å². The predicted octanol–water partition coefficient (Wildman–Crippen LogP) is 4.08. The quantitative estimate of drug-likeness (QED) is 0.428. The first-order chi connectivity index (χ1) is 16.6. The third-order valence-corrected chi connectivity index (χ3v) is 6.75. The van der Waals surface area contributed by atoms with E-state index in [9.17, 15) is 4.79 Å². The van der Waals surface area contributed by atoms with Crippen molar-refractivity contribution in [3.8, 4) is 17.2 Å². The molecular weight excluding hydrogens is 454 g/mol. The average molecular weight is 486 g/mol. The van der Waals surface area contributed by atoms with Crippen molar-refractivity contribution in [3.05, 3.63) is 42.0 Å². The summed E-state index contributed by atoms with van der Waals surface area (Å²) < 4.78 is 23.0. The zero-order valence-electron chi connectivity index (χ0n) is 19.9. The van der Waals surface area contributed by atoms with E-state index in [4.69, 9.17) is 23.9 Å². The molecule has 0 bridgehead atoms. The molecule has 182 valence electrons. The molecule has 4 rings (SSSR count). The van der Waals surface area contributed by atoms with Crippen molar-refractivity contribution in [1.82, 2.24) is 9.88 Å². The number of nitrogens with zero attached hydrogens (tertiary/aromatic N) is 3. The van der Waals surface area contributed by atoms with Gasteiger partial charge in [-0.25, -0.2) is 4.98 Å². The second kappa shape index (κ2) is 11.5. The number of fused-ring (bicyclic) bond motifs is 1. The fourth-order valence-electron chi connectivity index (χ4n) is 3.95. The Morgan fingerprint density at radius 2 is 1.88 bits per heavy atom. The molecule has 2 aromatic carbocycles. The van der Waals surface area contributed by atoms with Crippen LogP contribution >= 0.6 is 11.3 Å². The maximum Gasteiger partial charge on any atom is 0.260 e. The van der Waals surface area contributed by atoms with Gasteiger partial charge in [-0.2, -0.15) is 0 Å². The number of methoxy groups -OCH3 is 2. The molecule has 8 nitrogen and oxygen atoms in total. The van der Waals surface area contributed by atoms with Crippen LogP contribution in [0.25, 0.3) is 10.2 Å². The van der Waals surface area contributed by atoms with Gasteiger partial charge in [0.05, 0.1) is 38.7 Å². The first-order valence-corrected chi connectivity index (χ1v) is 12.3. The number of hydrogen-bond acceptors (Lipinski definition) is 8. The minimum atomic E-state index is -0.142. The standard InChI is InChI=1S/C25H31N3O5S/c1-4-33-21-7-5-8-22-23(21)26-25(34-22)28(10-6-9-27-11-13-32-14-12-27)24(29)18-15-19(30-2)17-20(16-18)31-3/h5,7-8,15-17H,4,6,9-14H2,1-3H3. The van der Waals surface area contributed by atoms with Gasteiger partial charge in [0.1, 0.15) is 22.8 Å². The van der Waals surface area contributed by atoms with Gasteiger partial charge >= 0.3 is 0 Å². The molecule has 0 spiro atoms. The number of para-hydroxylation sites is 1. The van der Waals surface area contributed by atoms with Crippen molar-refractivity contribution >= 4 is 32.6 Å². The van der Waals surface area contributed by atoms with Crippen LogP contribution in [-0.2, 0) is 4.74 Å². The Balaban J connectivity index is 1.64. The molecule has 34 heavy (non-hydrogen) atoms. The number of thiazole rings is 1. The number of rotatable bonds is 10. The number of hydrogen-bond donors (Lipinski definition) is 0. The van der Waals surface area contributed by atoms with E-state index in [-0.39, 0.29) is 5.91 Å². The Bertz CT molecular complexity index is 1090. The molecule has 0 N–H and O–H groups in total. The van der Waals surface area contributed by atoms with Crippen molar-refractivity contribution in [3.63, 3.8) is 0 Å². The smallest absolute Gasteiger partial charge is 0.260 e. The molecule has 9 heteroatoms. The monoisotopic (exact) mass is 485 g/mol. The maximum atomic E-state index is 13.8. The zero-order chi connectivity index (χ0) is 23.9. The molecule has 1 amide bonds. The fourth-order valence-corrected chi connectivity index (χ4v) is 4.95. The summed E-state index contributed by atoms with van der Waals surface area (Å²) in [5, 5.41) is 0.649. The van der Waals surface area contributed by atoms with Crippen LogP contribution in [-0.4, -0.2) is 76.0 Å². The van der Waals surface area contributed by atoms with Crippen LogP contribution in [0.4, 0.5) is 5.13 Å². The molecule has 1 saturated heterocycles. The van der Waals surface area contributed by atoms with Gasteiger partial charge in [0.15, 0.2) is 5.13 Å². The van der Waals surface area contributed by atoms with Crippen LogP contribution in [0.15, 0.2) is 36.4 Å². The summed E-state index contributed by atoms with van der Waals surface area (Å²) in [6, 6.07) is 11.1. The fraction of sp³-hybridized carbons (Fsp3) is 0.440. The number of carbonyl (C=O) groups excluding carboxylic acids is 1. The molecule has 1 fully saturated rings. The summed E-state index contributed by atoms with van der Waals surface area (Å²) in [5.41, 5.74) is 1.27. The lowest BCUT2D eigenvalue weighted by Crippen LogP contribution is -2.39. The number of benzene rings is 2. The Labute approximate surface area is 204 Å². The number of ether oxygens (including phenoxy) is 4. The Hall–Kier alpha value is -2.88. The summed E-state index contributed by atoms with van der Waals surface area (Å²) in [4.78, 5) is 22.7. The summed E-state index contributed by atoms with van der Waals surface area (Å²) >= 11 is 1.49. The van der Waals surface area contributed by atoms with Crippen molar-refractivity contribution < 1.29 is 23.7 Å². The molecule has 3 aromatic rings. The summed E-state index contributed by atoms with van der Waals surface area (Å²) in [6.07, 6.45) is 0.821. The van der Waals surface area contributed by atoms with E-state index in [1.54, 1.807) is 37.3 Å². The molecular formula is C25H31N3O5S. The van der Waals surface area contributed by atoms with Crippen LogP contribution in [0, 0.1) is 0 Å². The Morgan fingerprint density at radius 1 is 1.15 bits per heavy atom. The highest BCUT2D eigenvalue weighted by molar-refractivity contribution is 7.22.